The molecule has 2 aromatic rings. The molecule has 0 unspecified atom stereocenters. The van der Waals surface area contributed by atoms with E-state index in [1.54, 1.807) is 11.8 Å². The van der Waals surface area contributed by atoms with Crippen LogP contribution in [0.2, 0.25) is 0 Å². The van der Waals surface area contributed by atoms with E-state index in [0.717, 1.165) is 33.8 Å². The van der Waals surface area contributed by atoms with Crippen molar-refractivity contribution in [3.05, 3.63) is 22.8 Å². The molecule has 0 aromatic carbocycles. The second-order valence-corrected chi connectivity index (χ2v) is 5.60. The first-order valence-electron chi connectivity index (χ1n) is 6.23. The maximum absolute atomic E-state index is 5.68. The Morgan fingerprint density at radius 2 is 2.05 bits per heavy atom. The molecule has 6 nitrogen and oxygen atoms in total. The van der Waals surface area contributed by atoms with E-state index in [9.17, 15) is 0 Å². The highest BCUT2D eigenvalue weighted by molar-refractivity contribution is 7.98. The van der Waals surface area contributed by atoms with E-state index in [4.69, 9.17) is 10.3 Å². The second kappa shape index (κ2) is 5.75. The molecular formula is C12H19N5OS. The van der Waals surface area contributed by atoms with Crippen LogP contribution in [0.1, 0.15) is 42.7 Å². The summed E-state index contributed by atoms with van der Waals surface area (Å²) in [5.74, 6) is 2.45. The lowest BCUT2D eigenvalue weighted by atomic mass is 10.2. The highest BCUT2D eigenvalue weighted by Gasteiger charge is 2.16. The molecule has 104 valence electrons. The molecule has 0 spiro atoms. The van der Waals surface area contributed by atoms with Crippen LogP contribution in [0, 0.1) is 13.8 Å². The van der Waals surface area contributed by atoms with E-state index in [1.807, 2.05) is 13.8 Å². The molecule has 0 aliphatic carbocycles. The van der Waals surface area contributed by atoms with Crippen LogP contribution >= 0.6 is 11.8 Å². The lowest BCUT2D eigenvalue weighted by Gasteiger charge is -2.12. The fourth-order valence-corrected chi connectivity index (χ4v) is 3.15. The lowest BCUT2D eigenvalue weighted by molar-refractivity contribution is 0.392. The molecule has 19 heavy (non-hydrogen) atoms. The van der Waals surface area contributed by atoms with Gasteiger partial charge < -0.3 is 14.8 Å². The summed E-state index contributed by atoms with van der Waals surface area (Å²) < 4.78 is 7.23. The molecule has 0 aliphatic heterocycles. The van der Waals surface area contributed by atoms with Gasteiger partial charge in [-0.15, -0.1) is 10.2 Å². The van der Waals surface area contributed by atoms with Crippen LogP contribution in [0.4, 0.5) is 0 Å². The first-order chi connectivity index (χ1) is 9.04. The Hall–Kier alpha value is -1.34. The smallest absolute Gasteiger partial charge is 0.191 e. The first-order valence-corrected chi connectivity index (χ1v) is 7.21. The molecule has 0 amide bonds. The van der Waals surface area contributed by atoms with Gasteiger partial charge in [0.05, 0.1) is 12.2 Å². The molecule has 0 atom stereocenters. The summed E-state index contributed by atoms with van der Waals surface area (Å²) in [6, 6.07) is 0.292. The minimum Gasteiger partial charge on any atom is -0.361 e. The largest absolute Gasteiger partial charge is 0.361 e. The topological polar surface area (TPSA) is 82.8 Å². The van der Waals surface area contributed by atoms with E-state index in [1.165, 1.54) is 0 Å². The van der Waals surface area contributed by atoms with Crippen molar-refractivity contribution in [3.8, 4) is 0 Å². The standard InChI is InChI=1S/C12H19N5OS/c1-7(2)17-11(5-13)14-15-12(17)19-6-10-8(3)16-18-9(10)4/h7H,5-6,13H2,1-4H3. The normalized spacial score (nSPS) is 11.5. The Morgan fingerprint density at radius 3 is 2.58 bits per heavy atom. The number of aryl methyl sites for hydroxylation is 2. The van der Waals surface area contributed by atoms with Crippen LogP contribution in [-0.4, -0.2) is 19.9 Å². The second-order valence-electron chi connectivity index (χ2n) is 4.66. The Kier molecular flexibility index (Phi) is 4.26. The van der Waals surface area contributed by atoms with Gasteiger partial charge in [0, 0.05) is 17.4 Å². The third-order valence-electron chi connectivity index (χ3n) is 2.96. The predicted molar refractivity (Wildman–Crippen MR) is 73.8 cm³/mol. The summed E-state index contributed by atoms with van der Waals surface area (Å²) >= 11 is 1.63. The highest BCUT2D eigenvalue weighted by Crippen LogP contribution is 2.27. The summed E-state index contributed by atoms with van der Waals surface area (Å²) in [7, 11) is 0. The number of rotatable bonds is 5. The van der Waals surface area contributed by atoms with E-state index in [0.29, 0.717) is 12.6 Å². The number of hydrogen-bond donors (Lipinski definition) is 1. The number of thioether (sulfide) groups is 1. The van der Waals surface area contributed by atoms with Gasteiger partial charge in [0.25, 0.3) is 0 Å². The average molecular weight is 281 g/mol. The maximum Gasteiger partial charge on any atom is 0.191 e. The summed E-state index contributed by atoms with van der Waals surface area (Å²) in [6.45, 7) is 8.47. The predicted octanol–water partition coefficient (Wildman–Crippen LogP) is 2.21. The van der Waals surface area contributed by atoms with Crippen molar-refractivity contribution in [2.45, 2.75) is 51.2 Å². The number of nitrogens with zero attached hydrogens (tertiary/aromatic N) is 4. The van der Waals surface area contributed by atoms with Crippen molar-refractivity contribution in [2.75, 3.05) is 0 Å². The number of hydrogen-bond acceptors (Lipinski definition) is 6. The van der Waals surface area contributed by atoms with E-state index in [-0.39, 0.29) is 0 Å². The Labute approximate surface area is 116 Å². The van der Waals surface area contributed by atoms with Crippen molar-refractivity contribution < 1.29 is 4.52 Å². The number of aromatic nitrogens is 4. The van der Waals surface area contributed by atoms with Crippen LogP contribution < -0.4 is 5.73 Å². The zero-order chi connectivity index (χ0) is 14.0. The zero-order valence-electron chi connectivity index (χ0n) is 11.7. The summed E-state index contributed by atoms with van der Waals surface area (Å²) in [4.78, 5) is 0. The minimum absolute atomic E-state index is 0.292. The van der Waals surface area contributed by atoms with Crippen molar-refractivity contribution >= 4 is 11.8 Å². The van der Waals surface area contributed by atoms with Crippen molar-refractivity contribution in [2.24, 2.45) is 5.73 Å². The first kappa shape index (κ1) is 14.1. The third kappa shape index (κ3) is 2.82. The Bertz CT molecular complexity index is 541. The van der Waals surface area contributed by atoms with Gasteiger partial charge in [-0.2, -0.15) is 0 Å². The molecule has 0 fully saturated rings. The minimum atomic E-state index is 0.292. The van der Waals surface area contributed by atoms with Gasteiger partial charge in [0.15, 0.2) is 5.16 Å². The fourth-order valence-electron chi connectivity index (χ4n) is 1.91. The van der Waals surface area contributed by atoms with Gasteiger partial charge in [-0.3, -0.25) is 0 Å². The molecule has 2 N–H and O–H groups in total. The van der Waals surface area contributed by atoms with Crippen LogP contribution in [0.3, 0.4) is 0 Å². The monoisotopic (exact) mass is 281 g/mol. The molecule has 2 aromatic heterocycles. The van der Waals surface area contributed by atoms with Crippen LogP contribution in [0.25, 0.3) is 0 Å². The van der Waals surface area contributed by atoms with Gasteiger partial charge in [-0.25, -0.2) is 0 Å². The molecular weight excluding hydrogens is 262 g/mol. The molecule has 0 aliphatic rings. The van der Waals surface area contributed by atoms with Gasteiger partial charge in [0.2, 0.25) is 0 Å². The molecule has 0 saturated heterocycles. The maximum atomic E-state index is 5.68. The SMILES string of the molecule is Cc1noc(C)c1CSc1nnc(CN)n1C(C)C. The van der Waals surface area contributed by atoms with Crippen molar-refractivity contribution in [1.82, 2.24) is 19.9 Å². The molecule has 0 radical (unpaired) electrons. The van der Waals surface area contributed by atoms with Gasteiger partial charge in [-0.1, -0.05) is 16.9 Å². The number of nitrogens with two attached hydrogens (primary N) is 1. The summed E-state index contributed by atoms with van der Waals surface area (Å²) in [6.07, 6.45) is 0. The molecule has 7 heteroatoms. The molecule has 2 rings (SSSR count). The zero-order valence-corrected chi connectivity index (χ0v) is 12.5. The van der Waals surface area contributed by atoms with Crippen LogP contribution in [0.5, 0.6) is 0 Å². The Morgan fingerprint density at radius 1 is 1.32 bits per heavy atom. The van der Waals surface area contributed by atoms with Crippen molar-refractivity contribution in [1.29, 1.82) is 0 Å². The quantitative estimate of drug-likeness (QED) is 0.846. The summed E-state index contributed by atoms with van der Waals surface area (Å²) in [5, 5.41) is 13.2. The molecule has 0 bridgehead atoms. The van der Waals surface area contributed by atoms with Gasteiger partial charge in [0.1, 0.15) is 11.6 Å². The van der Waals surface area contributed by atoms with E-state index in [2.05, 4.69) is 33.8 Å². The third-order valence-corrected chi connectivity index (χ3v) is 3.93. The summed E-state index contributed by atoms with van der Waals surface area (Å²) in [5.41, 5.74) is 7.74. The van der Waals surface area contributed by atoms with Crippen LogP contribution in [0.15, 0.2) is 9.68 Å². The van der Waals surface area contributed by atoms with Gasteiger partial charge in [-0.05, 0) is 27.7 Å². The highest BCUT2D eigenvalue weighted by atomic mass is 32.2. The fraction of sp³-hybridized carbons (Fsp3) is 0.583. The Balaban J connectivity index is 2.18. The molecule has 2 heterocycles. The lowest BCUT2D eigenvalue weighted by Crippen LogP contribution is -2.11. The van der Waals surface area contributed by atoms with Crippen molar-refractivity contribution in [3.63, 3.8) is 0 Å². The average Bonchev–Trinajstić information content (AvgIpc) is 2.91. The van der Waals surface area contributed by atoms with Gasteiger partial charge >= 0.3 is 0 Å². The van der Waals surface area contributed by atoms with E-state index < -0.39 is 0 Å². The molecule has 0 saturated carbocycles. The van der Waals surface area contributed by atoms with E-state index >= 15 is 0 Å². The van der Waals surface area contributed by atoms with Crippen LogP contribution in [-0.2, 0) is 12.3 Å².